The molecule has 1 fully saturated rings. The monoisotopic (exact) mass is 401 g/mol. The molecule has 29 heavy (non-hydrogen) atoms. The van der Waals surface area contributed by atoms with E-state index in [-0.39, 0.29) is 5.91 Å². The number of anilines is 1. The van der Waals surface area contributed by atoms with Gasteiger partial charge in [0.1, 0.15) is 38.5 Å². The maximum absolute atomic E-state index is 12.4. The Balaban J connectivity index is 1.44. The van der Waals surface area contributed by atoms with Crippen molar-refractivity contribution >= 4 is 11.6 Å². The molecule has 2 aromatic rings. The van der Waals surface area contributed by atoms with Crippen molar-refractivity contribution in [3.05, 3.63) is 48.0 Å². The van der Waals surface area contributed by atoms with Crippen molar-refractivity contribution in [2.75, 3.05) is 59.4 Å². The maximum atomic E-state index is 12.4. The summed E-state index contributed by atoms with van der Waals surface area (Å²) in [6.45, 7) is 5.59. The standard InChI is InChI=1S/C22H29N3O4/c1-27-19-7-4-17(5-8-19)15-24-10-12-25(13-11-24)16-22(26)23-18-6-9-20(28-2)21(14-18)29-3/h4-9,14H,10-13,15-16H2,1-3H3,(H,23,26)/p+2. The first-order valence-corrected chi connectivity index (χ1v) is 9.93. The number of piperazine rings is 1. The Bertz CT molecular complexity index is 802. The van der Waals surface area contributed by atoms with E-state index in [0.717, 1.165) is 44.2 Å². The zero-order valence-electron chi connectivity index (χ0n) is 17.4. The predicted molar refractivity (Wildman–Crippen MR) is 111 cm³/mol. The van der Waals surface area contributed by atoms with Gasteiger partial charge in [-0.2, -0.15) is 0 Å². The van der Waals surface area contributed by atoms with Gasteiger partial charge < -0.3 is 29.3 Å². The normalized spacial score (nSPS) is 18.7. The second-order valence-corrected chi connectivity index (χ2v) is 7.32. The quantitative estimate of drug-likeness (QED) is 0.565. The highest BCUT2D eigenvalue weighted by Gasteiger charge is 2.25. The first-order valence-electron chi connectivity index (χ1n) is 9.93. The summed E-state index contributed by atoms with van der Waals surface area (Å²) in [5, 5.41) is 2.96. The highest BCUT2D eigenvalue weighted by Crippen LogP contribution is 2.29. The molecular weight excluding hydrogens is 370 g/mol. The largest absolute Gasteiger partial charge is 0.497 e. The predicted octanol–water partition coefficient (Wildman–Crippen LogP) is -0.365. The molecule has 7 nitrogen and oxygen atoms in total. The smallest absolute Gasteiger partial charge is 0.279 e. The van der Waals surface area contributed by atoms with E-state index in [9.17, 15) is 4.79 Å². The Kier molecular flexibility index (Phi) is 7.32. The van der Waals surface area contributed by atoms with Crippen LogP contribution in [0, 0.1) is 0 Å². The van der Waals surface area contributed by atoms with Crippen molar-refractivity contribution in [3.63, 3.8) is 0 Å². The van der Waals surface area contributed by atoms with E-state index in [1.807, 2.05) is 18.2 Å². The van der Waals surface area contributed by atoms with Gasteiger partial charge in [0.15, 0.2) is 18.0 Å². The molecule has 156 valence electrons. The summed E-state index contributed by atoms with van der Waals surface area (Å²) in [6, 6.07) is 13.7. The van der Waals surface area contributed by atoms with Gasteiger partial charge in [-0.25, -0.2) is 0 Å². The molecule has 0 unspecified atom stereocenters. The van der Waals surface area contributed by atoms with E-state index in [1.165, 1.54) is 10.5 Å². The average molecular weight is 402 g/mol. The first-order chi connectivity index (χ1) is 14.1. The Hall–Kier alpha value is -2.77. The van der Waals surface area contributed by atoms with Crippen molar-refractivity contribution in [2.24, 2.45) is 0 Å². The number of carbonyl (C=O) groups is 1. The molecule has 0 radical (unpaired) electrons. The van der Waals surface area contributed by atoms with Gasteiger partial charge in [0.2, 0.25) is 0 Å². The fourth-order valence-corrected chi connectivity index (χ4v) is 3.69. The fourth-order valence-electron chi connectivity index (χ4n) is 3.69. The minimum Gasteiger partial charge on any atom is -0.497 e. The summed E-state index contributed by atoms with van der Waals surface area (Å²) in [4.78, 5) is 15.3. The molecule has 0 bridgehead atoms. The van der Waals surface area contributed by atoms with E-state index in [0.29, 0.717) is 18.0 Å². The van der Waals surface area contributed by atoms with Crippen LogP contribution in [-0.4, -0.2) is 60.0 Å². The van der Waals surface area contributed by atoms with Crippen LogP contribution in [-0.2, 0) is 11.3 Å². The van der Waals surface area contributed by atoms with Crippen molar-refractivity contribution in [3.8, 4) is 17.2 Å². The fraction of sp³-hybridized carbons (Fsp3) is 0.409. The number of ether oxygens (including phenoxy) is 3. The molecule has 0 saturated carbocycles. The molecule has 3 N–H and O–H groups in total. The number of amides is 1. The van der Waals surface area contributed by atoms with Gasteiger partial charge >= 0.3 is 0 Å². The number of nitrogens with one attached hydrogen (secondary N) is 3. The van der Waals surface area contributed by atoms with Crippen molar-refractivity contribution in [1.82, 2.24) is 0 Å². The summed E-state index contributed by atoms with van der Waals surface area (Å²) in [5.41, 5.74) is 2.03. The lowest BCUT2D eigenvalue weighted by Crippen LogP contribution is -3.28. The summed E-state index contributed by atoms with van der Waals surface area (Å²) in [7, 11) is 4.86. The summed E-state index contributed by atoms with van der Waals surface area (Å²) >= 11 is 0. The molecular formula is C22H31N3O4+2. The summed E-state index contributed by atoms with van der Waals surface area (Å²) in [5.74, 6) is 2.16. The molecule has 1 amide bonds. The molecule has 2 aromatic carbocycles. The highest BCUT2D eigenvalue weighted by atomic mass is 16.5. The van der Waals surface area contributed by atoms with Gasteiger partial charge in [-0.3, -0.25) is 4.79 Å². The minimum atomic E-state index is 0.0193. The van der Waals surface area contributed by atoms with Crippen LogP contribution in [0.2, 0.25) is 0 Å². The molecule has 0 atom stereocenters. The zero-order chi connectivity index (χ0) is 20.6. The van der Waals surface area contributed by atoms with Gasteiger partial charge in [0, 0.05) is 17.3 Å². The van der Waals surface area contributed by atoms with Crippen LogP contribution in [0.3, 0.4) is 0 Å². The number of benzene rings is 2. The molecule has 0 aliphatic carbocycles. The van der Waals surface area contributed by atoms with E-state index in [2.05, 4.69) is 17.4 Å². The van der Waals surface area contributed by atoms with E-state index in [1.54, 1.807) is 38.4 Å². The Labute approximate surface area is 172 Å². The lowest BCUT2D eigenvalue weighted by molar-refractivity contribution is -1.02. The van der Waals surface area contributed by atoms with Crippen LogP contribution in [0.1, 0.15) is 5.56 Å². The van der Waals surface area contributed by atoms with Crippen LogP contribution < -0.4 is 29.3 Å². The second kappa shape index (κ2) is 10.1. The van der Waals surface area contributed by atoms with Gasteiger partial charge in [-0.05, 0) is 36.4 Å². The minimum absolute atomic E-state index is 0.0193. The van der Waals surface area contributed by atoms with Crippen LogP contribution in [0.4, 0.5) is 5.69 Å². The number of methoxy groups -OCH3 is 3. The number of quaternary nitrogens is 2. The van der Waals surface area contributed by atoms with Gasteiger partial charge in [-0.15, -0.1) is 0 Å². The third kappa shape index (κ3) is 5.85. The lowest BCUT2D eigenvalue weighted by Gasteiger charge is -2.29. The highest BCUT2D eigenvalue weighted by molar-refractivity contribution is 5.91. The number of hydrogen-bond acceptors (Lipinski definition) is 4. The first kappa shape index (κ1) is 21.0. The van der Waals surface area contributed by atoms with Crippen LogP contribution >= 0.6 is 0 Å². The summed E-state index contributed by atoms with van der Waals surface area (Å²) < 4.78 is 15.7. The number of carbonyl (C=O) groups excluding carboxylic acids is 1. The molecule has 0 spiro atoms. The average Bonchev–Trinajstić information content (AvgIpc) is 2.75. The maximum Gasteiger partial charge on any atom is 0.279 e. The Morgan fingerprint density at radius 1 is 0.862 bits per heavy atom. The zero-order valence-corrected chi connectivity index (χ0v) is 17.4. The molecule has 1 heterocycles. The molecule has 1 aliphatic heterocycles. The topological polar surface area (TPSA) is 65.7 Å². The van der Waals surface area contributed by atoms with Crippen molar-refractivity contribution < 1.29 is 28.8 Å². The Morgan fingerprint density at radius 2 is 1.52 bits per heavy atom. The van der Waals surface area contributed by atoms with Gasteiger partial charge in [-0.1, -0.05) is 0 Å². The van der Waals surface area contributed by atoms with E-state index >= 15 is 0 Å². The molecule has 1 saturated heterocycles. The van der Waals surface area contributed by atoms with Crippen LogP contribution in [0.25, 0.3) is 0 Å². The van der Waals surface area contributed by atoms with Crippen LogP contribution in [0.5, 0.6) is 17.2 Å². The van der Waals surface area contributed by atoms with Crippen LogP contribution in [0.15, 0.2) is 42.5 Å². The summed E-state index contributed by atoms with van der Waals surface area (Å²) in [6.07, 6.45) is 0. The second-order valence-electron chi connectivity index (χ2n) is 7.32. The van der Waals surface area contributed by atoms with E-state index < -0.39 is 0 Å². The van der Waals surface area contributed by atoms with E-state index in [4.69, 9.17) is 14.2 Å². The molecule has 7 heteroatoms. The Morgan fingerprint density at radius 3 is 2.14 bits per heavy atom. The van der Waals surface area contributed by atoms with Crippen molar-refractivity contribution in [2.45, 2.75) is 6.54 Å². The third-order valence-electron chi connectivity index (χ3n) is 5.36. The molecule has 0 aromatic heterocycles. The van der Waals surface area contributed by atoms with Crippen molar-refractivity contribution in [1.29, 1.82) is 0 Å². The molecule has 1 aliphatic rings. The van der Waals surface area contributed by atoms with Gasteiger partial charge in [0.25, 0.3) is 5.91 Å². The third-order valence-corrected chi connectivity index (χ3v) is 5.36. The number of rotatable bonds is 8. The SMILES string of the molecule is COc1ccc(C[NH+]2CC[NH+](CC(=O)Nc3ccc(OC)c(OC)c3)CC2)cc1. The lowest BCUT2D eigenvalue weighted by atomic mass is 10.2. The van der Waals surface area contributed by atoms with Gasteiger partial charge in [0.05, 0.1) is 21.3 Å². The molecule has 3 rings (SSSR count). The number of hydrogen-bond donors (Lipinski definition) is 3.